The Morgan fingerprint density at radius 2 is 1.60 bits per heavy atom. The third-order valence-corrected chi connectivity index (χ3v) is 6.19. The number of allylic oxidation sites excluding steroid dienone is 1. The minimum atomic E-state index is -3.07. The van der Waals surface area contributed by atoms with Crippen LogP contribution in [0.1, 0.15) is 56.6 Å². The lowest BCUT2D eigenvalue weighted by Crippen LogP contribution is -2.12. The minimum Gasteiger partial charge on any atom is -0.493 e. The molecular formula is C23H37NO5S. The first kappa shape index (κ1) is 26.0. The van der Waals surface area contributed by atoms with Gasteiger partial charge in [-0.05, 0) is 56.9 Å². The van der Waals surface area contributed by atoms with Gasteiger partial charge in [0, 0.05) is 0 Å². The quantitative estimate of drug-likeness (QED) is 0.156. The highest BCUT2D eigenvalue weighted by Gasteiger charge is 2.09. The second-order valence-corrected chi connectivity index (χ2v) is 9.55. The fourth-order valence-electron chi connectivity index (χ4n) is 3.07. The van der Waals surface area contributed by atoms with E-state index in [2.05, 4.69) is 9.99 Å². The van der Waals surface area contributed by atoms with Gasteiger partial charge in [0.15, 0.2) is 9.84 Å². The first-order chi connectivity index (χ1) is 14.4. The molecule has 0 bridgehead atoms. The number of benzene rings is 1. The van der Waals surface area contributed by atoms with Crippen molar-refractivity contribution in [3.63, 3.8) is 0 Å². The third-order valence-electron chi connectivity index (χ3n) is 4.62. The van der Waals surface area contributed by atoms with E-state index in [1.54, 1.807) is 0 Å². The van der Waals surface area contributed by atoms with Gasteiger partial charge in [-0.25, -0.2) is 8.42 Å². The molecule has 0 saturated heterocycles. The Kier molecular flexibility index (Phi) is 12.9. The molecule has 30 heavy (non-hydrogen) atoms. The maximum atomic E-state index is 11.8. The Labute approximate surface area is 182 Å². The van der Waals surface area contributed by atoms with Crippen molar-refractivity contribution in [3.05, 3.63) is 35.4 Å². The van der Waals surface area contributed by atoms with Crippen LogP contribution in [0.25, 0.3) is 0 Å². The first-order valence-electron chi connectivity index (χ1n) is 10.6. The van der Waals surface area contributed by atoms with Gasteiger partial charge in [0.05, 0.1) is 24.3 Å². The molecule has 6 nitrogen and oxygen atoms in total. The number of oxime groups is 1. The van der Waals surface area contributed by atoms with E-state index < -0.39 is 9.84 Å². The fourth-order valence-corrected chi connectivity index (χ4v) is 4.17. The minimum absolute atomic E-state index is 0.0556. The van der Waals surface area contributed by atoms with Crippen LogP contribution >= 0.6 is 0 Å². The molecule has 0 aliphatic heterocycles. The standard InChI is InChI=1S/C23H37NO5S/c1-5-6-14-28-22-18-20(2)23(21(3)19-22)29-15-11-9-7-8-10-12-16-30(25,26)17-13-24-27-4/h5-6,13,18-19H,7-12,14-17H2,1-4H3/b6-5+,24-13+. The summed E-state index contributed by atoms with van der Waals surface area (Å²) in [5, 5.41) is 3.47. The van der Waals surface area contributed by atoms with Gasteiger partial charge in [0.2, 0.25) is 0 Å². The second kappa shape index (κ2) is 14.9. The Morgan fingerprint density at radius 1 is 0.967 bits per heavy atom. The lowest BCUT2D eigenvalue weighted by Gasteiger charge is -2.14. The van der Waals surface area contributed by atoms with Crippen molar-refractivity contribution in [1.29, 1.82) is 0 Å². The molecule has 1 aromatic rings. The molecule has 170 valence electrons. The summed E-state index contributed by atoms with van der Waals surface area (Å²) < 4.78 is 35.3. The molecule has 0 aliphatic carbocycles. The van der Waals surface area contributed by atoms with Crippen molar-refractivity contribution >= 4 is 16.1 Å². The van der Waals surface area contributed by atoms with E-state index in [4.69, 9.17) is 9.47 Å². The summed E-state index contributed by atoms with van der Waals surface area (Å²) >= 11 is 0. The number of hydrogen-bond acceptors (Lipinski definition) is 6. The molecule has 0 spiro atoms. The zero-order valence-electron chi connectivity index (χ0n) is 18.9. The van der Waals surface area contributed by atoms with Crippen molar-refractivity contribution in [3.8, 4) is 11.5 Å². The molecule has 7 heteroatoms. The number of nitrogens with zero attached hydrogens (tertiary/aromatic N) is 1. The van der Waals surface area contributed by atoms with Gasteiger partial charge in [0.25, 0.3) is 0 Å². The Hall–Kier alpha value is -2.02. The van der Waals surface area contributed by atoms with E-state index in [1.807, 2.05) is 45.1 Å². The first-order valence-corrected chi connectivity index (χ1v) is 12.4. The molecule has 0 fully saturated rings. The summed E-state index contributed by atoms with van der Waals surface area (Å²) in [6, 6.07) is 4.03. The van der Waals surface area contributed by atoms with E-state index in [1.165, 1.54) is 13.3 Å². The van der Waals surface area contributed by atoms with Gasteiger partial charge in [-0.3, -0.25) is 0 Å². The lowest BCUT2D eigenvalue weighted by molar-refractivity contribution is 0.215. The van der Waals surface area contributed by atoms with Crippen LogP contribution in [0, 0.1) is 13.8 Å². The van der Waals surface area contributed by atoms with Crippen LogP contribution in [-0.4, -0.2) is 46.5 Å². The molecule has 0 N–H and O–H groups in total. The van der Waals surface area contributed by atoms with E-state index in [0.717, 1.165) is 54.7 Å². The highest BCUT2D eigenvalue weighted by atomic mass is 32.2. The summed E-state index contributed by atoms with van der Waals surface area (Å²) in [6.45, 7) is 7.32. The molecule has 0 atom stereocenters. The molecule has 0 aliphatic rings. The van der Waals surface area contributed by atoms with Crippen LogP contribution in [0.4, 0.5) is 0 Å². The van der Waals surface area contributed by atoms with Gasteiger partial charge in [-0.1, -0.05) is 43.0 Å². The summed E-state index contributed by atoms with van der Waals surface area (Å²) in [4.78, 5) is 4.48. The lowest BCUT2D eigenvalue weighted by atomic mass is 10.1. The number of unbranched alkanes of at least 4 members (excludes halogenated alkanes) is 5. The van der Waals surface area contributed by atoms with E-state index in [0.29, 0.717) is 19.6 Å². The maximum absolute atomic E-state index is 11.8. The fraction of sp³-hybridized carbons (Fsp3) is 0.609. The van der Waals surface area contributed by atoms with E-state index in [-0.39, 0.29) is 11.5 Å². The number of aryl methyl sites for hydroxylation is 2. The van der Waals surface area contributed by atoms with Crippen molar-refractivity contribution in [1.82, 2.24) is 0 Å². The third kappa shape index (κ3) is 11.2. The number of hydrogen-bond donors (Lipinski definition) is 0. The summed E-state index contributed by atoms with van der Waals surface area (Å²) in [7, 11) is -1.67. The molecule has 0 aromatic heterocycles. The highest BCUT2D eigenvalue weighted by molar-refractivity contribution is 7.92. The summed E-state index contributed by atoms with van der Waals surface area (Å²) in [6.07, 6.45) is 11.1. The molecular weight excluding hydrogens is 402 g/mol. The Bertz CT molecular complexity index is 749. The molecule has 1 rings (SSSR count). The van der Waals surface area contributed by atoms with Gasteiger partial charge in [-0.15, -0.1) is 0 Å². The zero-order valence-corrected chi connectivity index (χ0v) is 19.7. The molecule has 0 saturated carbocycles. The average molecular weight is 440 g/mol. The summed E-state index contributed by atoms with van der Waals surface area (Å²) in [5.41, 5.74) is 2.17. The topological polar surface area (TPSA) is 74.2 Å². The Morgan fingerprint density at radius 3 is 2.23 bits per heavy atom. The molecule has 1 aromatic carbocycles. The zero-order chi connectivity index (χ0) is 22.2. The van der Waals surface area contributed by atoms with Crippen LogP contribution < -0.4 is 9.47 Å². The largest absolute Gasteiger partial charge is 0.493 e. The van der Waals surface area contributed by atoms with Crippen LogP contribution in [0.2, 0.25) is 0 Å². The highest BCUT2D eigenvalue weighted by Crippen LogP contribution is 2.28. The number of ether oxygens (including phenoxy) is 2. The molecule has 0 amide bonds. The molecule has 0 heterocycles. The Balaban J connectivity index is 2.19. The predicted octanol–water partition coefficient (Wildman–Crippen LogP) is 5.02. The van der Waals surface area contributed by atoms with Crippen LogP contribution in [0.3, 0.4) is 0 Å². The van der Waals surface area contributed by atoms with Crippen molar-refractivity contribution < 1.29 is 22.7 Å². The van der Waals surface area contributed by atoms with Gasteiger partial charge in [0.1, 0.15) is 25.2 Å². The normalized spacial score (nSPS) is 12.0. The molecule has 0 unspecified atom stereocenters. The van der Waals surface area contributed by atoms with E-state index >= 15 is 0 Å². The van der Waals surface area contributed by atoms with Crippen molar-refractivity contribution in [2.45, 2.75) is 59.3 Å². The average Bonchev–Trinajstić information content (AvgIpc) is 2.68. The predicted molar refractivity (Wildman–Crippen MR) is 124 cm³/mol. The summed E-state index contributed by atoms with van der Waals surface area (Å²) in [5.74, 6) is 1.96. The molecule has 0 radical (unpaired) electrons. The number of rotatable bonds is 16. The second-order valence-electron chi connectivity index (χ2n) is 7.32. The van der Waals surface area contributed by atoms with Crippen LogP contribution in [-0.2, 0) is 14.7 Å². The smallest absolute Gasteiger partial charge is 0.155 e. The van der Waals surface area contributed by atoms with Gasteiger partial charge in [-0.2, -0.15) is 0 Å². The monoisotopic (exact) mass is 439 g/mol. The van der Waals surface area contributed by atoms with E-state index in [9.17, 15) is 8.42 Å². The number of sulfone groups is 1. The maximum Gasteiger partial charge on any atom is 0.155 e. The van der Waals surface area contributed by atoms with Gasteiger partial charge < -0.3 is 14.3 Å². The van der Waals surface area contributed by atoms with Gasteiger partial charge >= 0.3 is 0 Å². The SMILES string of the molecule is C/C=C/COc1cc(C)c(OCCCCCCCCS(=O)(=O)C/C=N/OC)c(C)c1. The van der Waals surface area contributed by atoms with Crippen molar-refractivity contribution in [2.75, 3.05) is 31.8 Å². The van der Waals surface area contributed by atoms with Crippen LogP contribution in [0.15, 0.2) is 29.4 Å². The van der Waals surface area contributed by atoms with Crippen LogP contribution in [0.5, 0.6) is 11.5 Å². The van der Waals surface area contributed by atoms with Crippen molar-refractivity contribution in [2.24, 2.45) is 5.16 Å².